The molecule has 0 radical (unpaired) electrons. The quantitative estimate of drug-likeness (QED) is 0.809. The zero-order valence-electron chi connectivity index (χ0n) is 9.79. The van der Waals surface area contributed by atoms with Gasteiger partial charge in [-0.3, -0.25) is 0 Å². The normalized spacial score (nSPS) is 17.2. The van der Waals surface area contributed by atoms with Crippen molar-refractivity contribution in [1.29, 1.82) is 0 Å². The Morgan fingerprint density at radius 1 is 1.44 bits per heavy atom. The first-order valence-corrected chi connectivity index (χ1v) is 6.48. The highest BCUT2D eigenvalue weighted by Crippen LogP contribution is 2.39. The Morgan fingerprint density at radius 2 is 2.19 bits per heavy atom. The van der Waals surface area contributed by atoms with Crippen LogP contribution in [0.15, 0.2) is 29.2 Å². The first-order chi connectivity index (χ1) is 7.62. The van der Waals surface area contributed by atoms with Gasteiger partial charge in [0.1, 0.15) is 6.67 Å². The first kappa shape index (κ1) is 11.9. The van der Waals surface area contributed by atoms with Crippen molar-refractivity contribution in [3.8, 4) is 0 Å². The first-order valence-electron chi connectivity index (χ1n) is 5.66. The molecular weight excluding hydrogens is 221 g/mol. The second kappa shape index (κ2) is 4.76. The van der Waals surface area contributed by atoms with Crippen LogP contribution in [0.3, 0.4) is 0 Å². The molecule has 0 aromatic heterocycles. The van der Waals surface area contributed by atoms with Gasteiger partial charge >= 0.3 is 0 Å². The van der Waals surface area contributed by atoms with Crippen LogP contribution in [0.4, 0.5) is 4.39 Å². The van der Waals surface area contributed by atoms with E-state index >= 15 is 0 Å². The molecule has 1 aromatic rings. The molecule has 1 heterocycles. The molecular formula is C13H18FNS. The van der Waals surface area contributed by atoms with Gasteiger partial charge in [-0.25, -0.2) is 4.39 Å². The number of halogens is 1. The highest BCUT2D eigenvalue weighted by atomic mass is 32.2. The van der Waals surface area contributed by atoms with E-state index in [-0.39, 0.29) is 11.4 Å². The van der Waals surface area contributed by atoms with Crippen molar-refractivity contribution in [2.45, 2.75) is 30.2 Å². The van der Waals surface area contributed by atoms with E-state index in [1.807, 2.05) is 30.0 Å². The van der Waals surface area contributed by atoms with Gasteiger partial charge < -0.3 is 5.32 Å². The lowest BCUT2D eigenvalue weighted by Crippen LogP contribution is -2.51. The molecule has 0 atom stereocenters. The lowest BCUT2D eigenvalue weighted by Gasteiger charge is -2.40. The van der Waals surface area contributed by atoms with Crippen molar-refractivity contribution >= 4 is 11.8 Å². The third-order valence-electron chi connectivity index (χ3n) is 3.20. The van der Waals surface area contributed by atoms with Crippen LogP contribution in [-0.2, 0) is 6.67 Å². The molecule has 88 valence electrons. The third kappa shape index (κ3) is 2.58. The largest absolute Gasteiger partial charge is 0.316 e. The van der Waals surface area contributed by atoms with Gasteiger partial charge in [0, 0.05) is 22.7 Å². The van der Waals surface area contributed by atoms with Crippen LogP contribution in [0.1, 0.15) is 19.4 Å². The van der Waals surface area contributed by atoms with Gasteiger partial charge in [0.2, 0.25) is 0 Å². The van der Waals surface area contributed by atoms with Gasteiger partial charge in [-0.05, 0) is 37.5 Å². The molecule has 2 rings (SSSR count). The van der Waals surface area contributed by atoms with E-state index in [0.29, 0.717) is 5.92 Å². The highest BCUT2D eigenvalue weighted by Gasteiger charge is 2.34. The van der Waals surface area contributed by atoms with E-state index in [9.17, 15) is 4.39 Å². The minimum atomic E-state index is -0.375. The van der Waals surface area contributed by atoms with Crippen LogP contribution in [0.25, 0.3) is 0 Å². The summed E-state index contributed by atoms with van der Waals surface area (Å²) in [4.78, 5) is 1.17. The zero-order valence-corrected chi connectivity index (χ0v) is 10.6. The number of hydrogen-bond donors (Lipinski definition) is 1. The maximum Gasteiger partial charge on any atom is 0.115 e. The molecule has 16 heavy (non-hydrogen) atoms. The molecule has 1 nitrogen and oxygen atoms in total. The summed E-state index contributed by atoms with van der Waals surface area (Å²) in [6, 6.07) is 7.80. The SMILES string of the molecule is CC(C)(Sc1cccc(CF)c1)C1CNC1. The van der Waals surface area contributed by atoms with E-state index in [0.717, 1.165) is 18.7 Å². The molecule has 0 unspecified atom stereocenters. The molecule has 3 heteroatoms. The van der Waals surface area contributed by atoms with E-state index in [1.54, 1.807) is 0 Å². The molecule has 1 aromatic carbocycles. The Morgan fingerprint density at radius 3 is 2.75 bits per heavy atom. The summed E-state index contributed by atoms with van der Waals surface area (Å²) in [6.07, 6.45) is 0. The number of nitrogens with one attached hydrogen (secondary N) is 1. The van der Waals surface area contributed by atoms with Crippen molar-refractivity contribution in [3.63, 3.8) is 0 Å². The summed E-state index contributed by atoms with van der Waals surface area (Å²) in [5.74, 6) is 0.714. The predicted molar refractivity (Wildman–Crippen MR) is 67.5 cm³/mol. The number of benzene rings is 1. The molecule has 1 fully saturated rings. The van der Waals surface area contributed by atoms with E-state index < -0.39 is 0 Å². The lowest BCUT2D eigenvalue weighted by atomic mass is 9.90. The lowest BCUT2D eigenvalue weighted by molar-refractivity contribution is 0.290. The van der Waals surface area contributed by atoms with Crippen molar-refractivity contribution < 1.29 is 4.39 Å². The Kier molecular flexibility index (Phi) is 3.55. The number of rotatable bonds is 4. The summed E-state index contributed by atoms with van der Waals surface area (Å²) in [7, 11) is 0. The zero-order chi connectivity index (χ0) is 11.6. The number of alkyl halides is 1. The van der Waals surface area contributed by atoms with Gasteiger partial charge in [0.05, 0.1) is 0 Å². The van der Waals surface area contributed by atoms with Gasteiger partial charge in [0.15, 0.2) is 0 Å². The summed E-state index contributed by atoms with van der Waals surface area (Å²) in [5.41, 5.74) is 0.771. The summed E-state index contributed by atoms with van der Waals surface area (Å²) in [5, 5.41) is 3.30. The van der Waals surface area contributed by atoms with Crippen molar-refractivity contribution in [3.05, 3.63) is 29.8 Å². The maximum absolute atomic E-state index is 12.6. The Balaban J connectivity index is 2.06. The van der Waals surface area contributed by atoms with Crippen LogP contribution in [0.5, 0.6) is 0 Å². The van der Waals surface area contributed by atoms with Gasteiger partial charge in [-0.15, -0.1) is 11.8 Å². The minimum absolute atomic E-state index is 0.222. The second-order valence-corrected chi connectivity index (χ2v) is 6.57. The maximum atomic E-state index is 12.6. The van der Waals surface area contributed by atoms with Crippen molar-refractivity contribution in [2.75, 3.05) is 13.1 Å². The standard InChI is InChI=1S/C13H18FNS/c1-13(2,11-8-15-9-11)16-12-5-3-4-10(6-12)7-14/h3-6,11,15H,7-9H2,1-2H3. The fourth-order valence-corrected chi connectivity index (χ4v) is 3.16. The molecule has 0 amide bonds. The van der Waals surface area contributed by atoms with Crippen LogP contribution in [-0.4, -0.2) is 17.8 Å². The number of hydrogen-bond acceptors (Lipinski definition) is 2. The molecule has 0 aliphatic carbocycles. The van der Waals surface area contributed by atoms with E-state index in [1.165, 1.54) is 4.90 Å². The van der Waals surface area contributed by atoms with Crippen LogP contribution < -0.4 is 5.32 Å². The van der Waals surface area contributed by atoms with Crippen LogP contribution in [0, 0.1) is 5.92 Å². The third-order valence-corrected chi connectivity index (χ3v) is 4.55. The second-order valence-electron chi connectivity index (χ2n) is 4.84. The van der Waals surface area contributed by atoms with E-state index in [4.69, 9.17) is 0 Å². The van der Waals surface area contributed by atoms with Crippen molar-refractivity contribution in [1.82, 2.24) is 5.32 Å². The molecule has 0 bridgehead atoms. The average molecular weight is 239 g/mol. The van der Waals surface area contributed by atoms with Gasteiger partial charge in [-0.2, -0.15) is 0 Å². The minimum Gasteiger partial charge on any atom is -0.316 e. The molecule has 1 aliphatic heterocycles. The monoisotopic (exact) mass is 239 g/mol. The van der Waals surface area contributed by atoms with Gasteiger partial charge in [0.25, 0.3) is 0 Å². The highest BCUT2D eigenvalue weighted by molar-refractivity contribution is 8.00. The number of thioether (sulfide) groups is 1. The Bertz CT molecular complexity index is 361. The molecule has 0 saturated carbocycles. The van der Waals surface area contributed by atoms with Crippen LogP contribution in [0.2, 0.25) is 0 Å². The molecule has 1 N–H and O–H groups in total. The van der Waals surface area contributed by atoms with Gasteiger partial charge in [-0.1, -0.05) is 12.1 Å². The van der Waals surface area contributed by atoms with Crippen LogP contribution >= 0.6 is 11.8 Å². The molecule has 1 saturated heterocycles. The topological polar surface area (TPSA) is 12.0 Å². The average Bonchev–Trinajstić information content (AvgIpc) is 2.13. The van der Waals surface area contributed by atoms with E-state index in [2.05, 4.69) is 25.2 Å². The Hall–Kier alpha value is -0.540. The summed E-state index contributed by atoms with van der Waals surface area (Å²) in [6.45, 7) is 6.36. The smallest absolute Gasteiger partial charge is 0.115 e. The summed E-state index contributed by atoms with van der Waals surface area (Å²) >= 11 is 1.85. The molecule has 1 aliphatic rings. The van der Waals surface area contributed by atoms with Crippen molar-refractivity contribution in [2.24, 2.45) is 5.92 Å². The fraction of sp³-hybridized carbons (Fsp3) is 0.538. The fourth-order valence-electron chi connectivity index (χ4n) is 1.86. The summed E-state index contributed by atoms with van der Waals surface area (Å²) < 4.78 is 12.8. The molecule has 0 spiro atoms. The Labute approximate surface area is 101 Å². The predicted octanol–water partition coefficient (Wildman–Crippen LogP) is 3.25.